The third-order valence-corrected chi connectivity index (χ3v) is 7.21. The van der Waals surface area contributed by atoms with Crippen molar-refractivity contribution < 1.29 is 4.74 Å². The van der Waals surface area contributed by atoms with Gasteiger partial charge in [-0.1, -0.05) is 29.9 Å². The van der Waals surface area contributed by atoms with Crippen LogP contribution in [0.15, 0.2) is 101 Å². The number of ether oxygens (including phenoxy) is 1. The molecule has 1 aromatic carbocycles. The van der Waals surface area contributed by atoms with Crippen LogP contribution >= 0.6 is 0 Å². The number of rotatable bonds is 11. The minimum Gasteiger partial charge on any atom is -0.492 e. The Balaban J connectivity index is 1.64. The number of benzene rings is 1. The van der Waals surface area contributed by atoms with E-state index in [4.69, 9.17) is 21.2 Å². The second-order valence-electron chi connectivity index (χ2n) is 11.0. The fourth-order valence-electron chi connectivity index (χ4n) is 5.05. The molecule has 0 atom stereocenters. The predicted molar refractivity (Wildman–Crippen MR) is 180 cm³/mol. The van der Waals surface area contributed by atoms with Crippen LogP contribution in [0, 0.1) is 6.92 Å². The highest BCUT2D eigenvalue weighted by Gasteiger charge is 2.21. The number of aliphatic imine (C=N–C) groups is 1. The van der Waals surface area contributed by atoms with Gasteiger partial charge in [0.25, 0.3) is 0 Å². The number of fused-ring (bicyclic) bond motifs is 1. The summed E-state index contributed by atoms with van der Waals surface area (Å²) in [6, 6.07) is 12.3. The minimum absolute atomic E-state index is 0.580. The van der Waals surface area contributed by atoms with Gasteiger partial charge in [-0.2, -0.15) is 0 Å². The molecule has 2 aromatic heterocycles. The summed E-state index contributed by atoms with van der Waals surface area (Å²) in [6.07, 6.45) is 14.6. The maximum atomic E-state index is 6.70. The van der Waals surface area contributed by atoms with Gasteiger partial charge in [-0.25, -0.2) is 0 Å². The normalized spacial score (nSPS) is 14.8. The van der Waals surface area contributed by atoms with Gasteiger partial charge in [0, 0.05) is 71.3 Å². The van der Waals surface area contributed by atoms with Crippen molar-refractivity contribution in [3.8, 4) is 5.75 Å². The number of allylic oxidation sites excluding steroid dienone is 7. The predicted octanol–water partition coefficient (Wildman–Crippen LogP) is 6.19. The molecule has 0 spiro atoms. The third-order valence-electron chi connectivity index (χ3n) is 7.21. The number of aryl methyl sites for hydroxylation is 1. The van der Waals surface area contributed by atoms with Crippen molar-refractivity contribution in [1.82, 2.24) is 14.9 Å². The van der Waals surface area contributed by atoms with Gasteiger partial charge in [-0.3, -0.25) is 9.98 Å². The second-order valence-corrected chi connectivity index (χ2v) is 11.0. The van der Waals surface area contributed by atoms with Gasteiger partial charge in [0.15, 0.2) is 0 Å². The zero-order valence-corrected chi connectivity index (χ0v) is 26.2. The molecular weight excluding hydrogens is 532 g/mol. The van der Waals surface area contributed by atoms with Crippen molar-refractivity contribution in [2.75, 3.05) is 33.8 Å². The smallest absolute Gasteiger partial charge is 0.120 e. The van der Waals surface area contributed by atoms with Crippen LogP contribution in [0.5, 0.6) is 5.75 Å². The maximum absolute atomic E-state index is 6.70. The Kier molecular flexibility index (Phi) is 10.6. The van der Waals surface area contributed by atoms with E-state index in [1.807, 2.05) is 83.6 Å². The van der Waals surface area contributed by atoms with Gasteiger partial charge in [0.1, 0.15) is 12.4 Å². The van der Waals surface area contributed by atoms with Gasteiger partial charge in [0.2, 0.25) is 0 Å². The summed E-state index contributed by atoms with van der Waals surface area (Å²) in [5, 5.41) is 0. The van der Waals surface area contributed by atoms with E-state index >= 15 is 0 Å². The molecule has 7 heteroatoms. The van der Waals surface area contributed by atoms with Crippen LogP contribution in [0.25, 0.3) is 11.3 Å². The Labute approximate surface area is 256 Å². The lowest BCUT2D eigenvalue weighted by molar-refractivity contribution is 0.261. The monoisotopic (exact) mass is 576 g/mol. The Morgan fingerprint density at radius 1 is 1.12 bits per heavy atom. The minimum atomic E-state index is 0.580. The first-order chi connectivity index (χ1) is 20.7. The van der Waals surface area contributed by atoms with Gasteiger partial charge < -0.3 is 26.1 Å². The summed E-state index contributed by atoms with van der Waals surface area (Å²) in [5.41, 5.74) is 24.7. The molecule has 1 aliphatic carbocycles. The molecule has 0 saturated heterocycles. The molecule has 0 unspecified atom stereocenters. The quantitative estimate of drug-likeness (QED) is 0.186. The Morgan fingerprint density at radius 2 is 1.93 bits per heavy atom. The van der Waals surface area contributed by atoms with Crippen LogP contribution < -0.4 is 16.2 Å². The zero-order valence-electron chi connectivity index (χ0n) is 26.2. The first kappa shape index (κ1) is 31.3. The molecule has 1 aliphatic rings. The van der Waals surface area contributed by atoms with Crippen LogP contribution in [0.1, 0.15) is 54.4 Å². The van der Waals surface area contributed by atoms with Crippen LogP contribution in [0.3, 0.4) is 0 Å². The number of hydrogen-bond acceptors (Lipinski definition) is 6. The lowest BCUT2D eigenvalue weighted by Crippen LogP contribution is -2.19. The average Bonchev–Trinajstić information content (AvgIpc) is 3.31. The van der Waals surface area contributed by atoms with Gasteiger partial charge in [-0.15, -0.1) is 0 Å². The molecule has 0 radical (unpaired) electrons. The van der Waals surface area contributed by atoms with Crippen molar-refractivity contribution in [2.24, 2.45) is 16.5 Å². The molecule has 0 fully saturated rings. The molecular formula is C36H44N6O. The summed E-state index contributed by atoms with van der Waals surface area (Å²) in [5.74, 6) is 0.799. The largest absolute Gasteiger partial charge is 0.492 e. The molecule has 4 rings (SSSR count). The third kappa shape index (κ3) is 8.02. The van der Waals surface area contributed by atoms with Gasteiger partial charge in [-0.05, 0) is 95.4 Å². The van der Waals surface area contributed by atoms with Crippen molar-refractivity contribution in [2.45, 2.75) is 34.1 Å². The number of nitrogens with zero attached hydrogens (tertiary/aromatic N) is 3. The Bertz CT molecular complexity index is 1620. The lowest BCUT2D eigenvalue weighted by atomic mass is 9.97. The standard InChI is InChI=1S/C36H44N6O/c1-7-29(33(38)14-13-32(37)27-18-25(4)19-28(21-27)43-17-16-42(5)6)36(40-8-2)35-22-31-30(26-10-9-15-39-23-26)12-11-24(3)20-34(31)41-35/h7,9-15,18-19,21-23,41H,8,16-17,20,37-38H2,1-6H3/b29-7-,32-13-,33-14+,40-36?. The number of pyridine rings is 1. The van der Waals surface area contributed by atoms with Crippen molar-refractivity contribution in [3.05, 3.63) is 130 Å². The molecule has 43 heavy (non-hydrogen) atoms. The van der Waals surface area contributed by atoms with E-state index in [0.29, 0.717) is 24.5 Å². The van der Waals surface area contributed by atoms with Crippen molar-refractivity contribution in [1.29, 1.82) is 0 Å². The molecule has 2 heterocycles. The summed E-state index contributed by atoms with van der Waals surface area (Å²) in [4.78, 5) is 15.0. The highest BCUT2D eigenvalue weighted by molar-refractivity contribution is 6.14. The molecule has 0 amide bonds. The SMILES string of the molecule is C/C=C(C(=NCC)c1cc2c([nH]1)CC(C)=CC=C2c1cccnc1)/C(N)=C\C=C(/N)c1cc(C)cc(OCCN(C)C)c1. The van der Waals surface area contributed by atoms with E-state index in [9.17, 15) is 0 Å². The zero-order chi connectivity index (χ0) is 30.9. The van der Waals surface area contributed by atoms with E-state index < -0.39 is 0 Å². The highest BCUT2D eigenvalue weighted by Crippen LogP contribution is 2.32. The number of aromatic amines is 1. The molecule has 3 aromatic rings. The average molecular weight is 577 g/mol. The van der Waals surface area contributed by atoms with Crippen LogP contribution in [-0.4, -0.2) is 54.4 Å². The van der Waals surface area contributed by atoms with Crippen LogP contribution in [0.2, 0.25) is 0 Å². The highest BCUT2D eigenvalue weighted by atomic mass is 16.5. The molecule has 7 nitrogen and oxygen atoms in total. The fourth-order valence-corrected chi connectivity index (χ4v) is 5.05. The number of likely N-dealkylation sites (N-methyl/N-ethyl adjacent to an activating group) is 1. The number of nitrogens with two attached hydrogens (primary N) is 2. The molecule has 5 N–H and O–H groups in total. The molecule has 224 valence electrons. The molecule has 0 saturated carbocycles. The number of H-pyrrole nitrogens is 1. The summed E-state index contributed by atoms with van der Waals surface area (Å²) in [7, 11) is 4.05. The molecule has 0 bridgehead atoms. The molecule has 0 aliphatic heterocycles. The van der Waals surface area contributed by atoms with Crippen LogP contribution in [-0.2, 0) is 6.42 Å². The van der Waals surface area contributed by atoms with E-state index in [1.54, 1.807) is 6.20 Å². The van der Waals surface area contributed by atoms with E-state index in [0.717, 1.165) is 69.2 Å². The van der Waals surface area contributed by atoms with E-state index in [1.165, 1.54) is 5.57 Å². The van der Waals surface area contributed by atoms with E-state index in [2.05, 4.69) is 46.1 Å². The van der Waals surface area contributed by atoms with Gasteiger partial charge >= 0.3 is 0 Å². The number of aromatic nitrogens is 2. The van der Waals surface area contributed by atoms with Gasteiger partial charge in [0.05, 0.1) is 11.4 Å². The Morgan fingerprint density at radius 3 is 2.63 bits per heavy atom. The fraction of sp³-hybridized carbons (Fsp3) is 0.278. The number of hydrogen-bond donors (Lipinski definition) is 3. The van der Waals surface area contributed by atoms with E-state index in [-0.39, 0.29) is 0 Å². The summed E-state index contributed by atoms with van der Waals surface area (Å²) >= 11 is 0. The van der Waals surface area contributed by atoms with Crippen molar-refractivity contribution in [3.63, 3.8) is 0 Å². The summed E-state index contributed by atoms with van der Waals surface area (Å²) in [6.45, 7) is 10.3. The first-order valence-corrected chi connectivity index (χ1v) is 14.7. The summed E-state index contributed by atoms with van der Waals surface area (Å²) < 4.78 is 5.96. The number of nitrogens with one attached hydrogen (secondary N) is 1. The second kappa shape index (κ2) is 14.5. The van der Waals surface area contributed by atoms with Crippen molar-refractivity contribution >= 4 is 17.0 Å². The maximum Gasteiger partial charge on any atom is 0.120 e. The Hall–Kier alpha value is -4.62. The lowest BCUT2D eigenvalue weighted by Gasteiger charge is -2.13. The topological polar surface area (TPSA) is 106 Å². The van der Waals surface area contributed by atoms with Crippen LogP contribution in [0.4, 0.5) is 0 Å². The first-order valence-electron chi connectivity index (χ1n) is 14.7.